The Labute approximate surface area is 163 Å². The number of esters is 1. The predicted molar refractivity (Wildman–Crippen MR) is 106 cm³/mol. The first-order valence-electron chi connectivity index (χ1n) is 9.24. The fourth-order valence-corrected chi connectivity index (χ4v) is 4.03. The summed E-state index contributed by atoms with van der Waals surface area (Å²) in [7, 11) is 1.35. The highest BCUT2D eigenvalue weighted by molar-refractivity contribution is 6.23. The summed E-state index contributed by atoms with van der Waals surface area (Å²) in [6, 6.07) is 15.0. The van der Waals surface area contributed by atoms with Crippen LogP contribution in [0.4, 0.5) is 0 Å². The molecule has 1 heterocycles. The summed E-state index contributed by atoms with van der Waals surface area (Å²) in [5.41, 5.74) is 4.67. The van der Waals surface area contributed by atoms with Crippen molar-refractivity contribution < 1.29 is 19.1 Å². The zero-order valence-corrected chi connectivity index (χ0v) is 16.0. The van der Waals surface area contributed by atoms with Gasteiger partial charge in [0, 0.05) is 28.0 Å². The van der Waals surface area contributed by atoms with E-state index in [-0.39, 0.29) is 5.78 Å². The molecule has 2 aromatic carbocycles. The topological polar surface area (TPSA) is 64.6 Å². The van der Waals surface area contributed by atoms with Gasteiger partial charge in [-0.2, -0.15) is 0 Å². The Morgan fingerprint density at radius 2 is 1.75 bits per heavy atom. The second kappa shape index (κ2) is 7.00. The molecular formula is C23H21NO4. The lowest BCUT2D eigenvalue weighted by atomic mass is 9.79. The van der Waals surface area contributed by atoms with Gasteiger partial charge in [-0.05, 0) is 19.9 Å². The zero-order valence-electron chi connectivity index (χ0n) is 16.0. The number of carbonyl (C=O) groups is 2. The molecule has 0 aromatic heterocycles. The number of dihydropyridines is 1. The van der Waals surface area contributed by atoms with Gasteiger partial charge in [0.1, 0.15) is 5.75 Å². The van der Waals surface area contributed by atoms with E-state index in [4.69, 9.17) is 9.47 Å². The van der Waals surface area contributed by atoms with Crippen molar-refractivity contribution in [2.24, 2.45) is 0 Å². The lowest BCUT2D eigenvalue weighted by Crippen LogP contribution is -2.29. The van der Waals surface area contributed by atoms with Crippen LogP contribution < -0.4 is 10.1 Å². The van der Waals surface area contributed by atoms with E-state index in [1.807, 2.05) is 62.4 Å². The molecule has 142 valence electrons. The Balaban J connectivity index is 1.97. The van der Waals surface area contributed by atoms with E-state index >= 15 is 0 Å². The number of carbonyl (C=O) groups excluding carboxylic acids is 2. The van der Waals surface area contributed by atoms with Crippen molar-refractivity contribution in [3.8, 4) is 5.75 Å². The second-order valence-electron chi connectivity index (χ2n) is 6.72. The van der Waals surface area contributed by atoms with Gasteiger partial charge in [0.25, 0.3) is 0 Å². The Hall–Kier alpha value is -3.34. The molecule has 0 bridgehead atoms. The number of rotatable bonds is 4. The van der Waals surface area contributed by atoms with Crippen LogP contribution in [0.25, 0.3) is 5.70 Å². The summed E-state index contributed by atoms with van der Waals surface area (Å²) in [4.78, 5) is 26.0. The number of hydrogen-bond donors (Lipinski definition) is 1. The summed E-state index contributed by atoms with van der Waals surface area (Å²) in [6.45, 7) is 4.22. The summed E-state index contributed by atoms with van der Waals surface area (Å²) >= 11 is 0. The molecule has 1 atom stereocenters. The van der Waals surface area contributed by atoms with Crippen LogP contribution in [0.1, 0.15) is 41.3 Å². The number of benzene rings is 2. The predicted octanol–water partition coefficient (Wildman–Crippen LogP) is 3.83. The van der Waals surface area contributed by atoms with Crippen LogP contribution in [-0.2, 0) is 9.53 Å². The third-order valence-corrected chi connectivity index (χ3v) is 5.18. The molecule has 1 aliphatic carbocycles. The first-order chi connectivity index (χ1) is 13.6. The van der Waals surface area contributed by atoms with Crippen LogP contribution in [0.3, 0.4) is 0 Å². The number of fused-ring (bicyclic) bond motifs is 2. The van der Waals surface area contributed by atoms with Crippen molar-refractivity contribution in [2.45, 2.75) is 19.8 Å². The lowest BCUT2D eigenvalue weighted by Gasteiger charge is -2.30. The van der Waals surface area contributed by atoms with Crippen LogP contribution in [0.5, 0.6) is 5.75 Å². The molecule has 28 heavy (non-hydrogen) atoms. The summed E-state index contributed by atoms with van der Waals surface area (Å²) in [5.74, 6) is -0.451. The average molecular weight is 375 g/mol. The number of methoxy groups -OCH3 is 1. The van der Waals surface area contributed by atoms with Gasteiger partial charge in [-0.15, -0.1) is 0 Å². The van der Waals surface area contributed by atoms with Crippen molar-refractivity contribution >= 4 is 17.4 Å². The van der Waals surface area contributed by atoms with E-state index in [0.717, 1.165) is 16.8 Å². The lowest BCUT2D eigenvalue weighted by molar-refractivity contribution is -0.136. The molecule has 2 aliphatic rings. The Morgan fingerprint density at radius 3 is 2.46 bits per heavy atom. The van der Waals surface area contributed by atoms with E-state index in [9.17, 15) is 9.59 Å². The molecule has 0 fully saturated rings. The fraction of sp³-hybridized carbons (Fsp3) is 0.217. The van der Waals surface area contributed by atoms with Crippen LogP contribution in [0.15, 0.2) is 65.4 Å². The smallest absolute Gasteiger partial charge is 0.336 e. The van der Waals surface area contributed by atoms with Crippen molar-refractivity contribution in [3.63, 3.8) is 0 Å². The summed E-state index contributed by atoms with van der Waals surface area (Å²) < 4.78 is 10.9. The summed E-state index contributed by atoms with van der Waals surface area (Å²) in [6.07, 6.45) is 0. The quantitative estimate of drug-likeness (QED) is 0.823. The normalized spacial score (nSPS) is 17.8. The first kappa shape index (κ1) is 18.0. The van der Waals surface area contributed by atoms with E-state index in [2.05, 4.69) is 5.32 Å². The molecular weight excluding hydrogens is 354 g/mol. The van der Waals surface area contributed by atoms with Crippen LogP contribution in [0.2, 0.25) is 0 Å². The molecule has 1 N–H and O–H groups in total. The minimum atomic E-state index is -0.564. The van der Waals surface area contributed by atoms with E-state index in [0.29, 0.717) is 34.8 Å². The molecule has 0 saturated heterocycles. The minimum absolute atomic E-state index is 0.0803. The highest BCUT2D eigenvalue weighted by Gasteiger charge is 2.43. The number of Topliss-reactive ketones (excluding diaryl/α,β-unsaturated/α-hetero) is 1. The Bertz CT molecular complexity index is 1050. The zero-order chi connectivity index (χ0) is 19.8. The standard InChI is InChI=1S/C23H21NO4/c1-4-28-17-12-8-7-11-16(17)19-18(23(26)27-3)13(2)24-21-14-9-5-6-10-15(14)22(25)20(19)21/h5-12,19,24H,4H2,1-3H3/t19-/m1/s1. The van der Waals surface area contributed by atoms with Crippen molar-refractivity contribution in [3.05, 3.63) is 82.1 Å². The molecule has 4 rings (SSSR count). The highest BCUT2D eigenvalue weighted by atomic mass is 16.5. The van der Waals surface area contributed by atoms with E-state index in [1.54, 1.807) is 0 Å². The molecule has 2 aromatic rings. The maximum absolute atomic E-state index is 13.3. The third-order valence-electron chi connectivity index (χ3n) is 5.18. The van der Waals surface area contributed by atoms with Gasteiger partial charge in [0.2, 0.25) is 0 Å². The molecule has 5 heteroatoms. The van der Waals surface area contributed by atoms with Gasteiger partial charge in [0.15, 0.2) is 5.78 Å². The van der Waals surface area contributed by atoms with Crippen LogP contribution >= 0.6 is 0 Å². The van der Waals surface area contributed by atoms with Crippen molar-refractivity contribution in [1.82, 2.24) is 5.32 Å². The van der Waals surface area contributed by atoms with Crippen LogP contribution in [0, 0.1) is 0 Å². The Morgan fingerprint density at radius 1 is 1.07 bits per heavy atom. The van der Waals surface area contributed by atoms with Crippen LogP contribution in [-0.4, -0.2) is 25.5 Å². The monoisotopic (exact) mass is 375 g/mol. The van der Waals surface area contributed by atoms with Gasteiger partial charge in [0.05, 0.1) is 30.9 Å². The number of para-hydroxylation sites is 1. The van der Waals surface area contributed by atoms with Gasteiger partial charge in [-0.1, -0.05) is 42.5 Å². The Kier molecular flexibility index (Phi) is 4.51. The fourth-order valence-electron chi connectivity index (χ4n) is 4.03. The largest absolute Gasteiger partial charge is 0.494 e. The molecule has 0 saturated carbocycles. The molecule has 0 spiro atoms. The SMILES string of the molecule is CCOc1ccccc1[C@@H]1C(C(=O)OC)=C(C)NC2=C1C(=O)c1ccccc12. The van der Waals surface area contributed by atoms with E-state index < -0.39 is 11.9 Å². The molecule has 0 unspecified atom stereocenters. The van der Waals surface area contributed by atoms with Gasteiger partial charge in [-0.3, -0.25) is 4.79 Å². The average Bonchev–Trinajstić information content (AvgIpc) is 2.99. The number of ketones is 1. The van der Waals surface area contributed by atoms with Crippen molar-refractivity contribution in [1.29, 1.82) is 0 Å². The van der Waals surface area contributed by atoms with Gasteiger partial charge >= 0.3 is 5.97 Å². The number of ether oxygens (including phenoxy) is 2. The van der Waals surface area contributed by atoms with E-state index in [1.165, 1.54) is 7.11 Å². The van der Waals surface area contributed by atoms with Gasteiger partial charge < -0.3 is 14.8 Å². The molecule has 0 amide bonds. The third kappa shape index (κ3) is 2.62. The molecule has 0 radical (unpaired) electrons. The molecule has 1 aliphatic heterocycles. The number of allylic oxidation sites excluding steroid dienone is 2. The second-order valence-corrected chi connectivity index (χ2v) is 6.72. The number of nitrogens with one attached hydrogen (secondary N) is 1. The maximum atomic E-state index is 13.3. The summed E-state index contributed by atoms with van der Waals surface area (Å²) in [5, 5.41) is 3.28. The highest BCUT2D eigenvalue weighted by Crippen LogP contribution is 2.48. The number of hydrogen-bond acceptors (Lipinski definition) is 5. The molecule has 5 nitrogen and oxygen atoms in total. The van der Waals surface area contributed by atoms with Crippen molar-refractivity contribution in [2.75, 3.05) is 13.7 Å². The minimum Gasteiger partial charge on any atom is -0.494 e. The first-order valence-corrected chi connectivity index (χ1v) is 9.24. The van der Waals surface area contributed by atoms with Gasteiger partial charge in [-0.25, -0.2) is 4.79 Å². The maximum Gasteiger partial charge on any atom is 0.336 e.